The van der Waals surface area contributed by atoms with Gasteiger partial charge in [-0.25, -0.2) is 4.68 Å². The van der Waals surface area contributed by atoms with E-state index in [-0.39, 0.29) is 0 Å². The SMILES string of the molecule is Cc1nn(-c2ccccc2)c2c1CCCC2C(=O)O. The number of aliphatic carboxylic acids is 1. The second-order valence-electron chi connectivity index (χ2n) is 4.98. The zero-order chi connectivity index (χ0) is 13.4. The van der Waals surface area contributed by atoms with E-state index < -0.39 is 11.9 Å². The van der Waals surface area contributed by atoms with E-state index in [0.29, 0.717) is 6.42 Å². The number of carboxylic acids is 1. The van der Waals surface area contributed by atoms with Crippen molar-refractivity contribution in [2.75, 3.05) is 0 Å². The zero-order valence-electron chi connectivity index (χ0n) is 10.8. The van der Waals surface area contributed by atoms with Crippen LogP contribution in [0.5, 0.6) is 0 Å². The van der Waals surface area contributed by atoms with Crippen molar-refractivity contribution in [1.82, 2.24) is 9.78 Å². The molecule has 4 nitrogen and oxygen atoms in total. The third kappa shape index (κ3) is 1.93. The van der Waals surface area contributed by atoms with Gasteiger partial charge in [-0.2, -0.15) is 5.10 Å². The Kier molecular flexibility index (Phi) is 2.85. The van der Waals surface area contributed by atoms with Crippen molar-refractivity contribution >= 4 is 5.97 Å². The number of benzene rings is 1. The lowest BCUT2D eigenvalue weighted by Crippen LogP contribution is -2.21. The van der Waals surface area contributed by atoms with Crippen molar-refractivity contribution < 1.29 is 9.90 Å². The van der Waals surface area contributed by atoms with Crippen LogP contribution in [-0.4, -0.2) is 20.9 Å². The van der Waals surface area contributed by atoms with Gasteiger partial charge in [0.2, 0.25) is 0 Å². The Balaban J connectivity index is 2.20. The average molecular weight is 256 g/mol. The van der Waals surface area contributed by atoms with E-state index in [1.807, 2.05) is 41.9 Å². The van der Waals surface area contributed by atoms with Gasteiger partial charge in [-0.3, -0.25) is 4.79 Å². The second kappa shape index (κ2) is 4.53. The minimum atomic E-state index is -0.752. The van der Waals surface area contributed by atoms with E-state index >= 15 is 0 Å². The van der Waals surface area contributed by atoms with Crippen LogP contribution in [0.25, 0.3) is 5.69 Å². The number of carbonyl (C=O) groups is 1. The number of aryl methyl sites for hydroxylation is 1. The van der Waals surface area contributed by atoms with Crippen molar-refractivity contribution in [3.63, 3.8) is 0 Å². The van der Waals surface area contributed by atoms with Gasteiger partial charge in [-0.1, -0.05) is 18.2 Å². The quantitative estimate of drug-likeness (QED) is 0.898. The Labute approximate surface area is 111 Å². The number of rotatable bonds is 2. The van der Waals surface area contributed by atoms with Gasteiger partial charge in [-0.05, 0) is 43.9 Å². The smallest absolute Gasteiger partial charge is 0.312 e. The molecule has 1 N–H and O–H groups in total. The molecular formula is C15H16N2O2. The molecule has 1 unspecified atom stereocenters. The maximum absolute atomic E-state index is 11.5. The van der Waals surface area contributed by atoms with Gasteiger partial charge in [0.25, 0.3) is 0 Å². The first-order valence-electron chi connectivity index (χ1n) is 6.55. The molecule has 3 rings (SSSR count). The highest BCUT2D eigenvalue weighted by atomic mass is 16.4. The molecule has 1 aliphatic carbocycles. The summed E-state index contributed by atoms with van der Waals surface area (Å²) in [6.45, 7) is 1.96. The second-order valence-corrected chi connectivity index (χ2v) is 4.98. The third-order valence-electron chi connectivity index (χ3n) is 3.77. The van der Waals surface area contributed by atoms with Crippen molar-refractivity contribution in [2.45, 2.75) is 32.1 Å². The van der Waals surface area contributed by atoms with E-state index in [4.69, 9.17) is 0 Å². The molecule has 0 aliphatic heterocycles. The maximum atomic E-state index is 11.5. The Morgan fingerprint density at radius 2 is 2.11 bits per heavy atom. The van der Waals surface area contributed by atoms with E-state index in [2.05, 4.69) is 5.10 Å². The van der Waals surface area contributed by atoms with Crippen LogP contribution in [0.15, 0.2) is 30.3 Å². The molecule has 98 valence electrons. The summed E-state index contributed by atoms with van der Waals surface area (Å²) in [6, 6.07) is 9.75. The number of fused-ring (bicyclic) bond motifs is 1. The first-order valence-corrected chi connectivity index (χ1v) is 6.55. The molecule has 0 amide bonds. The van der Waals surface area contributed by atoms with Crippen LogP contribution in [0.4, 0.5) is 0 Å². The standard InChI is InChI=1S/C15H16N2O2/c1-10-12-8-5-9-13(15(18)19)14(12)17(16-10)11-6-3-2-4-7-11/h2-4,6-7,13H,5,8-9H2,1H3,(H,18,19). The largest absolute Gasteiger partial charge is 0.481 e. The third-order valence-corrected chi connectivity index (χ3v) is 3.77. The van der Waals surface area contributed by atoms with Gasteiger partial charge in [0.05, 0.1) is 23.0 Å². The number of hydrogen-bond donors (Lipinski definition) is 1. The lowest BCUT2D eigenvalue weighted by atomic mass is 9.86. The van der Waals surface area contributed by atoms with Gasteiger partial charge < -0.3 is 5.11 Å². The summed E-state index contributed by atoms with van der Waals surface area (Å²) in [7, 11) is 0. The highest BCUT2D eigenvalue weighted by Crippen LogP contribution is 2.35. The molecule has 0 spiro atoms. The number of carboxylic acid groups (broad SMARTS) is 1. The van der Waals surface area contributed by atoms with E-state index in [0.717, 1.165) is 35.5 Å². The fraction of sp³-hybridized carbons (Fsp3) is 0.333. The fourth-order valence-electron chi connectivity index (χ4n) is 2.87. The number of hydrogen-bond acceptors (Lipinski definition) is 2. The molecule has 19 heavy (non-hydrogen) atoms. The van der Waals surface area contributed by atoms with Crippen molar-refractivity contribution in [3.8, 4) is 5.69 Å². The van der Waals surface area contributed by atoms with Crippen molar-refractivity contribution in [2.24, 2.45) is 0 Å². The van der Waals surface area contributed by atoms with Gasteiger partial charge in [-0.15, -0.1) is 0 Å². The Hall–Kier alpha value is -2.10. The monoisotopic (exact) mass is 256 g/mol. The minimum absolute atomic E-state index is 0.440. The zero-order valence-corrected chi connectivity index (χ0v) is 10.8. The summed E-state index contributed by atoms with van der Waals surface area (Å²) in [5.74, 6) is -1.19. The highest BCUT2D eigenvalue weighted by molar-refractivity contribution is 5.76. The molecule has 1 aromatic heterocycles. The molecule has 1 aliphatic rings. The summed E-state index contributed by atoms with van der Waals surface area (Å²) in [5, 5.41) is 14.0. The number of aromatic nitrogens is 2. The Bertz CT molecular complexity index is 617. The van der Waals surface area contributed by atoms with Gasteiger partial charge in [0, 0.05) is 0 Å². The molecule has 1 atom stereocenters. The maximum Gasteiger partial charge on any atom is 0.312 e. The predicted octanol–water partition coefficient (Wildman–Crippen LogP) is 2.69. The van der Waals surface area contributed by atoms with Crippen molar-refractivity contribution in [3.05, 3.63) is 47.3 Å². The van der Waals surface area contributed by atoms with Gasteiger partial charge in [0.15, 0.2) is 0 Å². The van der Waals surface area contributed by atoms with Crippen LogP contribution < -0.4 is 0 Å². The summed E-state index contributed by atoms with van der Waals surface area (Å²) >= 11 is 0. The van der Waals surface area contributed by atoms with E-state index in [9.17, 15) is 9.90 Å². The Morgan fingerprint density at radius 3 is 2.79 bits per heavy atom. The lowest BCUT2D eigenvalue weighted by molar-refractivity contribution is -0.139. The topological polar surface area (TPSA) is 55.1 Å². The molecule has 0 radical (unpaired) electrons. The summed E-state index contributed by atoms with van der Waals surface area (Å²) in [6.07, 6.45) is 2.55. The summed E-state index contributed by atoms with van der Waals surface area (Å²) < 4.78 is 1.81. The lowest BCUT2D eigenvalue weighted by Gasteiger charge is -2.21. The van der Waals surface area contributed by atoms with E-state index in [1.165, 1.54) is 0 Å². The molecular weight excluding hydrogens is 240 g/mol. The summed E-state index contributed by atoms with van der Waals surface area (Å²) in [5.41, 5.74) is 3.86. The number of para-hydroxylation sites is 1. The Morgan fingerprint density at radius 1 is 1.37 bits per heavy atom. The molecule has 0 saturated carbocycles. The van der Waals surface area contributed by atoms with Crippen LogP contribution in [0.1, 0.15) is 35.7 Å². The van der Waals surface area contributed by atoms with Crippen LogP contribution in [-0.2, 0) is 11.2 Å². The van der Waals surface area contributed by atoms with E-state index in [1.54, 1.807) is 0 Å². The van der Waals surface area contributed by atoms with Crippen LogP contribution in [0, 0.1) is 6.92 Å². The number of nitrogens with zero attached hydrogens (tertiary/aromatic N) is 2. The van der Waals surface area contributed by atoms with Crippen LogP contribution in [0.2, 0.25) is 0 Å². The minimum Gasteiger partial charge on any atom is -0.481 e. The average Bonchev–Trinajstić information content (AvgIpc) is 2.77. The van der Waals surface area contributed by atoms with Crippen LogP contribution in [0.3, 0.4) is 0 Å². The van der Waals surface area contributed by atoms with Crippen LogP contribution >= 0.6 is 0 Å². The van der Waals surface area contributed by atoms with Crippen molar-refractivity contribution in [1.29, 1.82) is 0 Å². The summed E-state index contributed by atoms with van der Waals surface area (Å²) in [4.78, 5) is 11.5. The highest BCUT2D eigenvalue weighted by Gasteiger charge is 2.32. The molecule has 2 aromatic rings. The fourth-order valence-corrected chi connectivity index (χ4v) is 2.87. The molecule has 1 heterocycles. The molecule has 0 saturated heterocycles. The van der Waals surface area contributed by atoms with Gasteiger partial charge in [0.1, 0.15) is 0 Å². The molecule has 4 heteroatoms. The molecule has 0 bridgehead atoms. The molecule has 0 fully saturated rings. The normalized spacial score (nSPS) is 18.1. The predicted molar refractivity (Wildman–Crippen MR) is 71.6 cm³/mol. The van der Waals surface area contributed by atoms with Gasteiger partial charge >= 0.3 is 5.97 Å². The first-order chi connectivity index (χ1) is 9.18. The first kappa shape index (κ1) is 12.0. The molecule has 1 aromatic carbocycles.